The molecule has 1 aromatic carbocycles. The van der Waals surface area contributed by atoms with Crippen molar-refractivity contribution in [3.05, 3.63) is 52.4 Å². The van der Waals surface area contributed by atoms with E-state index in [9.17, 15) is 0 Å². The first-order valence-corrected chi connectivity index (χ1v) is 7.55. The van der Waals surface area contributed by atoms with Crippen molar-refractivity contribution in [2.75, 3.05) is 0 Å². The molecule has 0 spiro atoms. The number of halogens is 2. The lowest BCUT2D eigenvalue weighted by Gasteiger charge is -2.11. The molecule has 0 saturated heterocycles. The fourth-order valence-electron chi connectivity index (χ4n) is 2.31. The van der Waals surface area contributed by atoms with Gasteiger partial charge in [-0.3, -0.25) is 4.57 Å². The van der Waals surface area contributed by atoms with Crippen LogP contribution in [0.5, 0.6) is 0 Å². The van der Waals surface area contributed by atoms with Gasteiger partial charge in [-0.2, -0.15) is 0 Å². The molecule has 0 bridgehead atoms. The number of fused-ring (bicyclic) bond motifs is 1. The lowest BCUT2D eigenvalue weighted by Crippen LogP contribution is -2.03. The van der Waals surface area contributed by atoms with E-state index in [-0.39, 0.29) is 5.38 Å². The normalized spacial score (nSPS) is 12.8. The van der Waals surface area contributed by atoms with E-state index in [0.29, 0.717) is 0 Å². The van der Waals surface area contributed by atoms with Crippen molar-refractivity contribution < 1.29 is 0 Å². The minimum Gasteiger partial charge on any atom is -0.279 e. The number of imidazole rings is 1. The summed E-state index contributed by atoms with van der Waals surface area (Å²) in [4.78, 5) is 9.21. The molecule has 1 atom stereocenters. The Morgan fingerprint density at radius 3 is 2.52 bits per heavy atom. The van der Waals surface area contributed by atoms with Crippen molar-refractivity contribution in [3.8, 4) is 5.69 Å². The number of pyridine rings is 1. The maximum atomic E-state index is 6.30. The van der Waals surface area contributed by atoms with Crippen LogP contribution in [0.1, 0.15) is 29.4 Å². The number of aromatic nitrogens is 3. The molecule has 0 aliphatic carbocycles. The Balaban J connectivity index is 2.35. The van der Waals surface area contributed by atoms with E-state index in [1.54, 1.807) is 0 Å². The molecule has 3 aromatic rings. The van der Waals surface area contributed by atoms with E-state index in [2.05, 4.69) is 9.97 Å². The zero-order chi connectivity index (χ0) is 15.1. The zero-order valence-corrected chi connectivity index (χ0v) is 13.6. The second-order valence-electron chi connectivity index (χ2n) is 5.15. The summed E-state index contributed by atoms with van der Waals surface area (Å²) < 4.78 is 1.98. The van der Waals surface area contributed by atoms with Crippen LogP contribution < -0.4 is 0 Å². The molecule has 0 saturated carbocycles. The lowest BCUT2D eigenvalue weighted by molar-refractivity contribution is 0.875. The molecule has 2 aromatic heterocycles. The molecule has 1 unspecified atom stereocenters. The molecule has 108 valence electrons. The summed E-state index contributed by atoms with van der Waals surface area (Å²) in [5.74, 6) is 0.768. The van der Waals surface area contributed by atoms with Crippen LogP contribution in [0.4, 0.5) is 0 Å². The SMILES string of the molecule is Cc1ccc2nc(C(C)Cl)n(-c3ccc(C)c(Cl)c3)c2n1. The highest BCUT2D eigenvalue weighted by atomic mass is 35.5. The maximum absolute atomic E-state index is 6.30. The number of nitrogens with zero attached hydrogens (tertiary/aromatic N) is 3. The van der Waals surface area contributed by atoms with E-state index in [1.165, 1.54) is 0 Å². The van der Waals surface area contributed by atoms with E-state index >= 15 is 0 Å². The summed E-state index contributed by atoms with van der Waals surface area (Å²) in [5.41, 5.74) is 4.54. The Bertz CT molecular complexity index is 822. The number of alkyl halides is 1. The molecular formula is C16H15Cl2N3. The van der Waals surface area contributed by atoms with Crippen LogP contribution >= 0.6 is 23.2 Å². The van der Waals surface area contributed by atoms with Gasteiger partial charge in [0.25, 0.3) is 0 Å². The summed E-state index contributed by atoms with van der Waals surface area (Å²) in [6, 6.07) is 9.83. The topological polar surface area (TPSA) is 30.7 Å². The standard InChI is InChI=1S/C16H15Cl2N3/c1-9-4-6-12(8-13(9)18)21-15(11(3)17)20-14-7-5-10(2)19-16(14)21/h4-8,11H,1-3H3. The third kappa shape index (κ3) is 2.52. The predicted molar refractivity (Wildman–Crippen MR) is 87.6 cm³/mol. The molecule has 0 aliphatic rings. The van der Waals surface area contributed by atoms with Gasteiger partial charge in [0.1, 0.15) is 11.3 Å². The lowest BCUT2D eigenvalue weighted by atomic mass is 10.2. The smallest absolute Gasteiger partial charge is 0.164 e. The number of rotatable bonds is 2. The highest BCUT2D eigenvalue weighted by molar-refractivity contribution is 6.31. The maximum Gasteiger partial charge on any atom is 0.164 e. The van der Waals surface area contributed by atoms with Gasteiger partial charge in [-0.1, -0.05) is 17.7 Å². The third-order valence-corrected chi connectivity index (χ3v) is 4.04. The van der Waals surface area contributed by atoms with Crippen molar-refractivity contribution in [3.63, 3.8) is 0 Å². The van der Waals surface area contributed by atoms with Gasteiger partial charge in [0.2, 0.25) is 0 Å². The molecule has 0 amide bonds. The monoisotopic (exact) mass is 319 g/mol. The van der Waals surface area contributed by atoms with E-state index in [4.69, 9.17) is 23.2 Å². The van der Waals surface area contributed by atoms with Crippen LogP contribution in [0.3, 0.4) is 0 Å². The predicted octanol–water partition coefficient (Wildman–Crippen LogP) is 4.99. The van der Waals surface area contributed by atoms with Gasteiger partial charge in [0.15, 0.2) is 5.65 Å². The Hall–Kier alpha value is -1.58. The number of hydrogen-bond acceptors (Lipinski definition) is 2. The summed E-state index contributed by atoms with van der Waals surface area (Å²) in [6.07, 6.45) is 0. The van der Waals surface area contributed by atoms with Gasteiger partial charge in [-0.05, 0) is 50.6 Å². The van der Waals surface area contributed by atoms with Gasteiger partial charge in [-0.25, -0.2) is 9.97 Å². The van der Waals surface area contributed by atoms with Gasteiger partial charge in [0, 0.05) is 10.7 Å². The number of hydrogen-bond donors (Lipinski definition) is 0. The molecule has 0 aliphatic heterocycles. The number of aryl methyl sites for hydroxylation is 2. The average molecular weight is 320 g/mol. The van der Waals surface area contributed by atoms with Crippen LogP contribution in [0, 0.1) is 13.8 Å². The Labute approximate surface area is 133 Å². The Morgan fingerprint density at radius 1 is 1.10 bits per heavy atom. The Morgan fingerprint density at radius 2 is 1.86 bits per heavy atom. The van der Waals surface area contributed by atoms with Crippen LogP contribution in [0.15, 0.2) is 30.3 Å². The first kappa shape index (κ1) is 14.4. The summed E-state index contributed by atoms with van der Waals surface area (Å²) in [6.45, 7) is 5.84. The minimum absolute atomic E-state index is 0.223. The van der Waals surface area contributed by atoms with Crippen molar-refractivity contribution in [1.82, 2.24) is 14.5 Å². The molecule has 3 nitrogen and oxygen atoms in total. The summed E-state index contributed by atoms with van der Waals surface area (Å²) in [5, 5.41) is 0.495. The van der Waals surface area contributed by atoms with Crippen molar-refractivity contribution in [1.29, 1.82) is 0 Å². The molecule has 5 heteroatoms. The number of benzene rings is 1. The van der Waals surface area contributed by atoms with Crippen LogP contribution in [-0.4, -0.2) is 14.5 Å². The first-order chi connectivity index (χ1) is 9.97. The molecule has 0 N–H and O–H groups in total. The second-order valence-corrected chi connectivity index (χ2v) is 6.21. The second kappa shape index (κ2) is 5.32. The minimum atomic E-state index is -0.223. The zero-order valence-electron chi connectivity index (χ0n) is 12.1. The highest BCUT2D eigenvalue weighted by Gasteiger charge is 2.17. The average Bonchev–Trinajstić information content (AvgIpc) is 2.80. The first-order valence-electron chi connectivity index (χ1n) is 6.74. The summed E-state index contributed by atoms with van der Waals surface area (Å²) >= 11 is 12.6. The van der Waals surface area contributed by atoms with E-state index in [0.717, 1.165) is 39.0 Å². The molecule has 0 radical (unpaired) electrons. The Kier molecular flexibility index (Phi) is 3.64. The van der Waals surface area contributed by atoms with Crippen LogP contribution in [-0.2, 0) is 0 Å². The van der Waals surface area contributed by atoms with Crippen molar-refractivity contribution >= 4 is 34.4 Å². The molecule has 2 heterocycles. The van der Waals surface area contributed by atoms with E-state index in [1.807, 2.05) is 55.7 Å². The third-order valence-electron chi connectivity index (χ3n) is 3.44. The van der Waals surface area contributed by atoms with Gasteiger partial charge in [0.05, 0.1) is 11.1 Å². The van der Waals surface area contributed by atoms with Gasteiger partial charge < -0.3 is 0 Å². The van der Waals surface area contributed by atoms with Crippen LogP contribution in [0.25, 0.3) is 16.9 Å². The quantitative estimate of drug-likeness (QED) is 0.623. The fourth-order valence-corrected chi connectivity index (χ4v) is 2.63. The van der Waals surface area contributed by atoms with Crippen molar-refractivity contribution in [2.45, 2.75) is 26.1 Å². The van der Waals surface area contributed by atoms with Gasteiger partial charge >= 0.3 is 0 Å². The van der Waals surface area contributed by atoms with Crippen LogP contribution in [0.2, 0.25) is 5.02 Å². The molecule has 3 rings (SSSR count). The van der Waals surface area contributed by atoms with Crippen molar-refractivity contribution in [2.24, 2.45) is 0 Å². The largest absolute Gasteiger partial charge is 0.279 e. The van der Waals surface area contributed by atoms with E-state index < -0.39 is 0 Å². The summed E-state index contributed by atoms with van der Waals surface area (Å²) in [7, 11) is 0. The highest BCUT2D eigenvalue weighted by Crippen LogP contribution is 2.29. The van der Waals surface area contributed by atoms with Gasteiger partial charge in [-0.15, -0.1) is 11.6 Å². The molecule has 0 fully saturated rings. The molecular weight excluding hydrogens is 305 g/mol. The molecule has 21 heavy (non-hydrogen) atoms. The fraction of sp³-hybridized carbons (Fsp3) is 0.250.